The number of quaternary nitrogens is 1. The molecular weight excluding hydrogens is 281 g/mol. The quantitative estimate of drug-likeness (QED) is 0.519. The SMILES string of the molecule is COC(=O)[C@@](NC(C)=O)([NH2+]C[C@H]1CCCO1)C(F)(F)F. The van der Waals surface area contributed by atoms with Gasteiger partial charge in [-0.3, -0.25) is 10.1 Å². The zero-order chi connectivity index (χ0) is 15.4. The van der Waals surface area contributed by atoms with E-state index < -0.39 is 23.7 Å². The molecule has 1 aliphatic heterocycles. The van der Waals surface area contributed by atoms with Gasteiger partial charge in [0.15, 0.2) is 0 Å². The van der Waals surface area contributed by atoms with Gasteiger partial charge in [-0.25, -0.2) is 4.79 Å². The first kappa shape index (κ1) is 16.7. The normalized spacial score (nSPS) is 22.1. The summed E-state index contributed by atoms with van der Waals surface area (Å²) in [6.07, 6.45) is -4.00. The molecule has 116 valence electrons. The van der Waals surface area contributed by atoms with Crippen LogP contribution in [0.15, 0.2) is 0 Å². The molecule has 1 fully saturated rings. The van der Waals surface area contributed by atoms with Crippen LogP contribution in [-0.2, 0) is 19.1 Å². The topological polar surface area (TPSA) is 81.2 Å². The number of amides is 1. The second-order valence-corrected chi connectivity index (χ2v) is 4.55. The van der Waals surface area contributed by atoms with Crippen LogP contribution in [0.4, 0.5) is 13.2 Å². The van der Waals surface area contributed by atoms with Crippen molar-refractivity contribution in [2.45, 2.75) is 37.7 Å². The molecule has 0 aromatic heterocycles. The van der Waals surface area contributed by atoms with Gasteiger partial charge >= 0.3 is 17.8 Å². The first-order chi connectivity index (χ1) is 9.23. The minimum absolute atomic E-state index is 0.102. The van der Waals surface area contributed by atoms with E-state index in [4.69, 9.17) is 4.74 Å². The third-order valence-electron chi connectivity index (χ3n) is 3.04. The Morgan fingerprint density at radius 3 is 2.50 bits per heavy atom. The van der Waals surface area contributed by atoms with Crippen LogP contribution in [0.5, 0.6) is 0 Å². The Hall–Kier alpha value is -1.35. The summed E-state index contributed by atoms with van der Waals surface area (Å²) in [6.45, 7) is 1.29. The Morgan fingerprint density at radius 2 is 2.10 bits per heavy atom. The second kappa shape index (κ2) is 6.40. The maximum atomic E-state index is 13.3. The minimum atomic E-state index is -5.00. The Labute approximate surface area is 114 Å². The maximum Gasteiger partial charge on any atom is 0.478 e. The van der Waals surface area contributed by atoms with Crippen LogP contribution in [-0.4, -0.2) is 50.1 Å². The van der Waals surface area contributed by atoms with Crippen LogP contribution in [0.25, 0.3) is 0 Å². The number of alkyl halides is 3. The lowest BCUT2D eigenvalue weighted by Gasteiger charge is -2.31. The summed E-state index contributed by atoms with van der Waals surface area (Å²) in [6, 6.07) is 0. The van der Waals surface area contributed by atoms with E-state index in [-0.39, 0.29) is 12.6 Å². The van der Waals surface area contributed by atoms with E-state index in [1.807, 2.05) is 0 Å². The van der Waals surface area contributed by atoms with Gasteiger partial charge in [-0.15, -0.1) is 0 Å². The number of carbonyl (C=O) groups is 2. The zero-order valence-electron chi connectivity index (χ0n) is 11.3. The molecule has 3 N–H and O–H groups in total. The average Bonchev–Trinajstić information content (AvgIpc) is 2.84. The molecule has 0 aromatic rings. The predicted molar refractivity (Wildman–Crippen MR) is 60.4 cm³/mol. The molecule has 9 heteroatoms. The Balaban J connectivity index is 2.94. The third-order valence-corrected chi connectivity index (χ3v) is 3.04. The van der Waals surface area contributed by atoms with Crippen molar-refractivity contribution < 1.29 is 37.6 Å². The molecule has 0 aromatic carbocycles. The highest BCUT2D eigenvalue weighted by molar-refractivity contribution is 5.86. The van der Waals surface area contributed by atoms with E-state index in [0.29, 0.717) is 13.0 Å². The second-order valence-electron chi connectivity index (χ2n) is 4.55. The summed E-state index contributed by atoms with van der Waals surface area (Å²) in [5, 5.41) is 2.38. The third kappa shape index (κ3) is 3.60. The van der Waals surface area contributed by atoms with Crippen molar-refractivity contribution in [2.75, 3.05) is 20.3 Å². The van der Waals surface area contributed by atoms with Gasteiger partial charge in [0, 0.05) is 13.5 Å². The van der Waals surface area contributed by atoms with Crippen LogP contribution < -0.4 is 10.6 Å². The van der Waals surface area contributed by atoms with Crippen molar-refractivity contribution in [3.8, 4) is 0 Å². The molecule has 1 rings (SSSR count). The first-order valence-electron chi connectivity index (χ1n) is 6.13. The highest BCUT2D eigenvalue weighted by atomic mass is 19.4. The molecule has 0 spiro atoms. The summed E-state index contributed by atoms with van der Waals surface area (Å²) < 4.78 is 49.2. The fourth-order valence-corrected chi connectivity index (χ4v) is 2.06. The lowest BCUT2D eigenvalue weighted by molar-refractivity contribution is -0.747. The van der Waals surface area contributed by atoms with Crippen molar-refractivity contribution in [3.05, 3.63) is 0 Å². The lowest BCUT2D eigenvalue weighted by atomic mass is 10.1. The van der Waals surface area contributed by atoms with Crippen molar-refractivity contribution >= 4 is 11.9 Å². The van der Waals surface area contributed by atoms with Crippen molar-refractivity contribution in [1.29, 1.82) is 0 Å². The Morgan fingerprint density at radius 1 is 1.45 bits per heavy atom. The number of esters is 1. The molecule has 0 aliphatic carbocycles. The molecule has 0 saturated carbocycles. The van der Waals surface area contributed by atoms with E-state index in [1.54, 1.807) is 5.32 Å². The van der Waals surface area contributed by atoms with Gasteiger partial charge in [0.2, 0.25) is 5.91 Å². The number of ether oxygens (including phenoxy) is 2. The van der Waals surface area contributed by atoms with E-state index >= 15 is 0 Å². The molecule has 1 aliphatic rings. The van der Waals surface area contributed by atoms with Gasteiger partial charge in [0.25, 0.3) is 0 Å². The molecule has 1 amide bonds. The number of rotatable bonds is 5. The predicted octanol–water partition coefficient (Wildman–Crippen LogP) is -0.703. The monoisotopic (exact) mass is 299 g/mol. The number of hydrogen-bond acceptors (Lipinski definition) is 4. The summed E-state index contributed by atoms with van der Waals surface area (Å²) in [7, 11) is 0.838. The molecule has 1 heterocycles. The number of halogens is 3. The highest BCUT2D eigenvalue weighted by Gasteiger charge is 2.67. The number of methoxy groups -OCH3 is 1. The largest absolute Gasteiger partial charge is 0.478 e. The fraction of sp³-hybridized carbons (Fsp3) is 0.818. The fourth-order valence-electron chi connectivity index (χ4n) is 2.06. The number of carbonyl (C=O) groups excluding carboxylic acids is 2. The number of nitrogens with two attached hydrogens (primary N) is 1. The van der Waals surface area contributed by atoms with Gasteiger partial charge in [0.05, 0.1) is 7.11 Å². The van der Waals surface area contributed by atoms with Crippen LogP contribution in [0, 0.1) is 0 Å². The average molecular weight is 299 g/mol. The molecule has 0 bridgehead atoms. The molecule has 20 heavy (non-hydrogen) atoms. The molecule has 6 nitrogen and oxygen atoms in total. The van der Waals surface area contributed by atoms with Gasteiger partial charge in [0.1, 0.15) is 12.6 Å². The van der Waals surface area contributed by atoms with Crippen LogP contribution >= 0.6 is 0 Å². The van der Waals surface area contributed by atoms with Crippen LogP contribution in [0.3, 0.4) is 0 Å². The number of nitrogens with one attached hydrogen (secondary N) is 1. The summed E-state index contributed by atoms with van der Waals surface area (Å²) in [5.74, 6) is -2.55. The summed E-state index contributed by atoms with van der Waals surface area (Å²) >= 11 is 0. The summed E-state index contributed by atoms with van der Waals surface area (Å²) in [4.78, 5) is 22.6. The number of hydrogen-bond donors (Lipinski definition) is 2. The standard InChI is InChI=1S/C11H17F3N2O4/c1-7(17)16-10(9(18)19-2,11(12,13)14)15-6-8-4-3-5-20-8/h8,15H,3-6H2,1-2H3,(H,16,17)/p+1/t8-,10+/m1/s1. The van der Waals surface area contributed by atoms with Gasteiger partial charge < -0.3 is 14.8 Å². The molecular formula is C11H18F3N2O4+. The van der Waals surface area contributed by atoms with E-state index in [1.165, 1.54) is 0 Å². The van der Waals surface area contributed by atoms with Gasteiger partial charge in [-0.1, -0.05) is 0 Å². The minimum Gasteiger partial charge on any atom is -0.463 e. The lowest BCUT2D eigenvalue weighted by Crippen LogP contribution is -3.07. The van der Waals surface area contributed by atoms with Crippen LogP contribution in [0.1, 0.15) is 19.8 Å². The highest BCUT2D eigenvalue weighted by Crippen LogP contribution is 2.26. The van der Waals surface area contributed by atoms with E-state index in [0.717, 1.165) is 25.8 Å². The molecule has 0 unspecified atom stereocenters. The van der Waals surface area contributed by atoms with Crippen LogP contribution in [0.2, 0.25) is 0 Å². The van der Waals surface area contributed by atoms with Crippen molar-refractivity contribution in [3.63, 3.8) is 0 Å². The molecule has 0 radical (unpaired) electrons. The van der Waals surface area contributed by atoms with Gasteiger partial charge in [-0.05, 0) is 12.8 Å². The molecule has 1 saturated heterocycles. The smallest absolute Gasteiger partial charge is 0.463 e. The summed E-state index contributed by atoms with van der Waals surface area (Å²) in [5.41, 5.74) is -3.14. The Kier molecular flexibility index (Phi) is 5.35. The van der Waals surface area contributed by atoms with Crippen molar-refractivity contribution in [1.82, 2.24) is 5.32 Å². The van der Waals surface area contributed by atoms with E-state index in [2.05, 4.69) is 4.74 Å². The van der Waals surface area contributed by atoms with E-state index in [9.17, 15) is 22.8 Å². The maximum absolute atomic E-state index is 13.3. The van der Waals surface area contributed by atoms with Crippen molar-refractivity contribution in [2.24, 2.45) is 0 Å². The van der Waals surface area contributed by atoms with Gasteiger partial charge in [-0.2, -0.15) is 13.2 Å². The Bertz CT molecular complexity index is 369. The molecule has 2 atom stereocenters. The first-order valence-corrected chi connectivity index (χ1v) is 6.13. The zero-order valence-corrected chi connectivity index (χ0v) is 11.3.